The topological polar surface area (TPSA) is 58.6 Å². The number of benzene rings is 1. The Labute approximate surface area is 130 Å². The first-order valence-electron chi connectivity index (χ1n) is 7.92. The standard InChI is InChI=1S/C17H22N2O3/c1-11-7-8-15-14(9-11)19(16(20)10-22-15)12(2)17(21)18-13-5-3-4-6-13/h7-9,12-13H,3-6,10H2,1-2H3,(H,18,21). The number of rotatable bonds is 3. The van der Waals surface area contributed by atoms with Crippen LogP contribution >= 0.6 is 0 Å². The highest BCUT2D eigenvalue weighted by molar-refractivity contribution is 6.03. The molecule has 5 heteroatoms. The number of carbonyl (C=O) groups is 2. The third kappa shape index (κ3) is 2.80. The fraction of sp³-hybridized carbons (Fsp3) is 0.529. The Balaban J connectivity index is 1.81. The second-order valence-electron chi connectivity index (χ2n) is 6.19. The van der Waals surface area contributed by atoms with E-state index in [0.29, 0.717) is 11.4 Å². The van der Waals surface area contributed by atoms with Crippen LogP contribution in [0.25, 0.3) is 0 Å². The van der Waals surface area contributed by atoms with Crippen LogP contribution in [0.15, 0.2) is 18.2 Å². The number of hydrogen-bond donors (Lipinski definition) is 1. The number of fused-ring (bicyclic) bond motifs is 1. The SMILES string of the molecule is Cc1ccc2c(c1)N(C(C)C(=O)NC1CCCC1)C(=O)CO2. The molecule has 0 aromatic heterocycles. The lowest BCUT2D eigenvalue weighted by molar-refractivity contribution is -0.127. The minimum absolute atomic E-state index is 0.0168. The second kappa shape index (κ2) is 5.99. The minimum Gasteiger partial charge on any atom is -0.482 e. The molecule has 1 heterocycles. The summed E-state index contributed by atoms with van der Waals surface area (Å²) in [4.78, 5) is 26.3. The lowest BCUT2D eigenvalue weighted by Crippen LogP contribution is -2.52. The molecule has 1 aromatic rings. The summed E-state index contributed by atoms with van der Waals surface area (Å²) >= 11 is 0. The van der Waals surface area contributed by atoms with E-state index in [-0.39, 0.29) is 24.5 Å². The number of hydrogen-bond acceptors (Lipinski definition) is 3. The summed E-state index contributed by atoms with van der Waals surface area (Å²) in [6.45, 7) is 3.72. The fourth-order valence-electron chi connectivity index (χ4n) is 3.21. The molecule has 0 saturated heterocycles. The zero-order valence-electron chi connectivity index (χ0n) is 13.1. The minimum atomic E-state index is -0.530. The van der Waals surface area contributed by atoms with Gasteiger partial charge in [-0.15, -0.1) is 0 Å². The highest BCUT2D eigenvalue weighted by Crippen LogP contribution is 2.34. The van der Waals surface area contributed by atoms with Crippen LogP contribution in [-0.4, -0.2) is 30.5 Å². The van der Waals surface area contributed by atoms with Crippen molar-refractivity contribution in [2.75, 3.05) is 11.5 Å². The van der Waals surface area contributed by atoms with E-state index in [2.05, 4.69) is 5.32 Å². The Morgan fingerprint density at radius 1 is 1.36 bits per heavy atom. The van der Waals surface area contributed by atoms with Gasteiger partial charge in [0.2, 0.25) is 5.91 Å². The maximum absolute atomic E-state index is 12.5. The molecule has 2 aliphatic rings. The number of ether oxygens (including phenoxy) is 1. The van der Waals surface area contributed by atoms with Crippen LogP contribution < -0.4 is 15.0 Å². The average Bonchev–Trinajstić information content (AvgIpc) is 2.99. The first-order chi connectivity index (χ1) is 10.6. The van der Waals surface area contributed by atoms with Gasteiger partial charge in [0.15, 0.2) is 6.61 Å². The lowest BCUT2D eigenvalue weighted by atomic mass is 10.1. The number of amides is 2. The van der Waals surface area contributed by atoms with Crippen molar-refractivity contribution in [3.05, 3.63) is 23.8 Å². The highest BCUT2D eigenvalue weighted by atomic mass is 16.5. The molecule has 0 spiro atoms. The molecule has 1 fully saturated rings. The first kappa shape index (κ1) is 14.9. The average molecular weight is 302 g/mol. The van der Waals surface area contributed by atoms with Gasteiger partial charge in [0.1, 0.15) is 11.8 Å². The molecule has 1 unspecified atom stereocenters. The largest absolute Gasteiger partial charge is 0.482 e. The molecule has 1 N–H and O–H groups in total. The maximum atomic E-state index is 12.5. The van der Waals surface area contributed by atoms with Gasteiger partial charge in [-0.2, -0.15) is 0 Å². The Kier molecular flexibility index (Phi) is 4.05. The molecule has 118 valence electrons. The van der Waals surface area contributed by atoms with Gasteiger partial charge in [0.25, 0.3) is 5.91 Å². The summed E-state index contributed by atoms with van der Waals surface area (Å²) in [6.07, 6.45) is 4.39. The predicted molar refractivity (Wildman–Crippen MR) is 84.0 cm³/mol. The molecule has 1 saturated carbocycles. The van der Waals surface area contributed by atoms with Crippen molar-refractivity contribution in [3.8, 4) is 5.75 Å². The van der Waals surface area contributed by atoms with Gasteiger partial charge in [-0.05, 0) is 44.4 Å². The van der Waals surface area contributed by atoms with Gasteiger partial charge in [0, 0.05) is 6.04 Å². The van der Waals surface area contributed by atoms with Crippen LogP contribution in [0.1, 0.15) is 38.2 Å². The van der Waals surface area contributed by atoms with E-state index >= 15 is 0 Å². The highest BCUT2D eigenvalue weighted by Gasteiger charge is 2.34. The van der Waals surface area contributed by atoms with Crippen molar-refractivity contribution in [1.29, 1.82) is 0 Å². The van der Waals surface area contributed by atoms with Gasteiger partial charge in [-0.3, -0.25) is 14.5 Å². The normalized spacial score (nSPS) is 19.5. The van der Waals surface area contributed by atoms with Crippen molar-refractivity contribution >= 4 is 17.5 Å². The third-order valence-electron chi connectivity index (χ3n) is 4.46. The number of anilines is 1. The summed E-state index contributed by atoms with van der Waals surface area (Å²) in [7, 11) is 0. The van der Waals surface area contributed by atoms with Gasteiger partial charge in [-0.1, -0.05) is 18.9 Å². The van der Waals surface area contributed by atoms with Crippen LogP contribution in [0, 0.1) is 6.92 Å². The van der Waals surface area contributed by atoms with Crippen molar-refractivity contribution < 1.29 is 14.3 Å². The van der Waals surface area contributed by atoms with Crippen LogP contribution in [0.4, 0.5) is 5.69 Å². The number of nitrogens with zero attached hydrogens (tertiary/aromatic N) is 1. The van der Waals surface area contributed by atoms with Crippen molar-refractivity contribution in [2.24, 2.45) is 0 Å². The molecule has 2 amide bonds. The maximum Gasteiger partial charge on any atom is 0.265 e. The first-order valence-corrected chi connectivity index (χ1v) is 7.92. The molecule has 0 bridgehead atoms. The molecule has 5 nitrogen and oxygen atoms in total. The fourth-order valence-corrected chi connectivity index (χ4v) is 3.21. The zero-order valence-corrected chi connectivity index (χ0v) is 13.1. The molecule has 1 aliphatic heterocycles. The molecule has 1 aliphatic carbocycles. The Morgan fingerprint density at radius 3 is 2.82 bits per heavy atom. The van der Waals surface area contributed by atoms with E-state index in [4.69, 9.17) is 4.74 Å². The predicted octanol–water partition coefficient (Wildman–Crippen LogP) is 2.17. The third-order valence-corrected chi connectivity index (χ3v) is 4.46. The Hall–Kier alpha value is -2.04. The molecule has 0 radical (unpaired) electrons. The van der Waals surface area contributed by atoms with Crippen molar-refractivity contribution in [3.63, 3.8) is 0 Å². The van der Waals surface area contributed by atoms with E-state index in [9.17, 15) is 9.59 Å². The van der Waals surface area contributed by atoms with E-state index < -0.39 is 6.04 Å². The zero-order chi connectivity index (χ0) is 15.7. The van der Waals surface area contributed by atoms with Crippen LogP contribution in [0.5, 0.6) is 5.75 Å². The van der Waals surface area contributed by atoms with Gasteiger partial charge >= 0.3 is 0 Å². The molecule has 22 heavy (non-hydrogen) atoms. The Morgan fingerprint density at radius 2 is 2.09 bits per heavy atom. The summed E-state index contributed by atoms with van der Waals surface area (Å²) in [5, 5.41) is 3.07. The van der Waals surface area contributed by atoms with E-state index in [0.717, 1.165) is 31.2 Å². The van der Waals surface area contributed by atoms with E-state index in [1.807, 2.05) is 25.1 Å². The lowest BCUT2D eigenvalue weighted by Gasteiger charge is -2.34. The van der Waals surface area contributed by atoms with E-state index in [1.165, 1.54) is 0 Å². The summed E-state index contributed by atoms with van der Waals surface area (Å²) < 4.78 is 5.46. The summed E-state index contributed by atoms with van der Waals surface area (Å²) in [5.41, 5.74) is 1.72. The van der Waals surface area contributed by atoms with Crippen LogP contribution in [-0.2, 0) is 9.59 Å². The van der Waals surface area contributed by atoms with Gasteiger partial charge < -0.3 is 10.1 Å². The van der Waals surface area contributed by atoms with Crippen LogP contribution in [0.3, 0.4) is 0 Å². The molecular formula is C17H22N2O3. The van der Waals surface area contributed by atoms with Crippen molar-refractivity contribution in [2.45, 2.75) is 51.6 Å². The number of aryl methyl sites for hydroxylation is 1. The molecule has 1 atom stereocenters. The summed E-state index contributed by atoms with van der Waals surface area (Å²) in [5.74, 6) is 0.396. The number of nitrogens with one attached hydrogen (secondary N) is 1. The second-order valence-corrected chi connectivity index (χ2v) is 6.19. The van der Waals surface area contributed by atoms with Crippen molar-refractivity contribution in [1.82, 2.24) is 5.32 Å². The molecule has 1 aromatic carbocycles. The molecular weight excluding hydrogens is 280 g/mol. The van der Waals surface area contributed by atoms with Crippen LogP contribution in [0.2, 0.25) is 0 Å². The Bertz CT molecular complexity index is 594. The quantitative estimate of drug-likeness (QED) is 0.931. The molecule has 3 rings (SSSR count). The van der Waals surface area contributed by atoms with E-state index in [1.54, 1.807) is 11.8 Å². The monoisotopic (exact) mass is 302 g/mol. The van der Waals surface area contributed by atoms with Gasteiger partial charge in [-0.25, -0.2) is 0 Å². The van der Waals surface area contributed by atoms with Gasteiger partial charge in [0.05, 0.1) is 5.69 Å². The number of carbonyl (C=O) groups excluding carboxylic acids is 2. The summed E-state index contributed by atoms with van der Waals surface area (Å²) in [6, 6.07) is 5.41. The smallest absolute Gasteiger partial charge is 0.265 e.